The lowest BCUT2D eigenvalue weighted by molar-refractivity contribution is 0.264. The van der Waals surface area contributed by atoms with Crippen LogP contribution in [0.15, 0.2) is 0 Å². The quantitative estimate of drug-likeness (QED) is 0.369. The van der Waals surface area contributed by atoms with Gasteiger partial charge >= 0.3 is 0 Å². The van der Waals surface area contributed by atoms with E-state index in [2.05, 4.69) is 96.9 Å². The molecule has 0 N–H and O–H groups in total. The van der Waals surface area contributed by atoms with E-state index in [1.165, 1.54) is 18.5 Å². The van der Waals surface area contributed by atoms with Gasteiger partial charge < -0.3 is 8.85 Å². The molecule has 0 saturated heterocycles. The van der Waals surface area contributed by atoms with Crippen LogP contribution in [0.1, 0.15) is 103 Å². The molecule has 0 heterocycles. The Bertz CT molecular complexity index is 375. The molecule has 164 valence electrons. The van der Waals surface area contributed by atoms with E-state index < -0.39 is 16.6 Å². The second kappa shape index (κ2) is 9.01. The first-order valence-corrected chi connectivity index (χ1v) is 15.3. The van der Waals surface area contributed by atoms with Gasteiger partial charge in [-0.2, -0.15) is 0 Å². The van der Waals surface area contributed by atoms with Crippen LogP contribution in [0.25, 0.3) is 0 Å². The van der Waals surface area contributed by atoms with Crippen LogP contribution < -0.4 is 0 Å². The van der Waals surface area contributed by atoms with Crippen molar-refractivity contribution in [1.82, 2.24) is 0 Å². The van der Waals surface area contributed by atoms with Crippen molar-refractivity contribution in [2.75, 3.05) is 13.2 Å². The molecule has 0 unspecified atom stereocenters. The molecule has 4 heteroatoms. The zero-order chi connectivity index (χ0) is 21.9. The van der Waals surface area contributed by atoms with Gasteiger partial charge in [0, 0.05) is 13.2 Å². The van der Waals surface area contributed by atoms with Crippen LogP contribution >= 0.6 is 0 Å². The van der Waals surface area contributed by atoms with Gasteiger partial charge in [-0.05, 0) is 46.1 Å². The molecule has 0 bridgehead atoms. The molecule has 0 saturated carbocycles. The van der Waals surface area contributed by atoms with Crippen molar-refractivity contribution in [2.45, 2.75) is 136 Å². The SMILES string of the molecule is CCO[Si](CCC[Si](OCC)(C(C)(C)C)C(C)(C)C)(C(C)(C)C)C(C)(C)C. The van der Waals surface area contributed by atoms with Gasteiger partial charge in [0.05, 0.1) is 0 Å². The van der Waals surface area contributed by atoms with Crippen LogP contribution in [0.4, 0.5) is 0 Å². The highest BCUT2D eigenvalue weighted by atomic mass is 28.4. The summed E-state index contributed by atoms with van der Waals surface area (Å²) in [6.07, 6.45) is 1.22. The summed E-state index contributed by atoms with van der Waals surface area (Å²) >= 11 is 0. The summed E-state index contributed by atoms with van der Waals surface area (Å²) in [4.78, 5) is 0. The van der Waals surface area contributed by atoms with Crippen LogP contribution in [0.3, 0.4) is 0 Å². The fourth-order valence-corrected chi connectivity index (χ4v) is 18.0. The maximum Gasteiger partial charge on any atom is 0.203 e. The summed E-state index contributed by atoms with van der Waals surface area (Å²) in [6.45, 7) is 34.8. The van der Waals surface area contributed by atoms with Gasteiger partial charge in [-0.25, -0.2) is 0 Å². The molecule has 0 aromatic heterocycles. The van der Waals surface area contributed by atoms with Crippen LogP contribution in [-0.4, -0.2) is 29.8 Å². The van der Waals surface area contributed by atoms with Crippen molar-refractivity contribution in [3.8, 4) is 0 Å². The van der Waals surface area contributed by atoms with Crippen molar-refractivity contribution >= 4 is 16.6 Å². The molecule has 0 rings (SSSR count). The summed E-state index contributed by atoms with van der Waals surface area (Å²) < 4.78 is 13.4. The smallest absolute Gasteiger partial charge is 0.203 e. The van der Waals surface area contributed by atoms with Crippen molar-refractivity contribution in [2.24, 2.45) is 0 Å². The lowest BCUT2D eigenvalue weighted by Gasteiger charge is -2.53. The van der Waals surface area contributed by atoms with Crippen LogP contribution in [-0.2, 0) is 8.85 Å². The number of rotatable bonds is 8. The maximum atomic E-state index is 6.72. The highest BCUT2D eigenvalue weighted by Gasteiger charge is 2.57. The molecule has 0 aromatic rings. The highest BCUT2D eigenvalue weighted by molar-refractivity contribution is 6.81. The van der Waals surface area contributed by atoms with E-state index in [0.717, 1.165) is 13.2 Å². The molecule has 0 spiro atoms. The zero-order valence-corrected chi connectivity index (χ0v) is 23.4. The van der Waals surface area contributed by atoms with E-state index in [4.69, 9.17) is 8.85 Å². The summed E-state index contributed by atoms with van der Waals surface area (Å²) in [5.41, 5.74) is 0. The average molecular weight is 417 g/mol. The summed E-state index contributed by atoms with van der Waals surface area (Å²) in [7, 11) is -3.95. The molecule has 0 aliphatic rings. The maximum absolute atomic E-state index is 6.72. The minimum atomic E-state index is -1.97. The van der Waals surface area contributed by atoms with Crippen molar-refractivity contribution < 1.29 is 8.85 Å². The Balaban J connectivity index is 5.90. The van der Waals surface area contributed by atoms with E-state index >= 15 is 0 Å². The topological polar surface area (TPSA) is 18.5 Å². The van der Waals surface area contributed by atoms with Crippen molar-refractivity contribution in [1.29, 1.82) is 0 Å². The van der Waals surface area contributed by atoms with Gasteiger partial charge in [0.1, 0.15) is 0 Å². The van der Waals surface area contributed by atoms with Gasteiger partial charge in [0.25, 0.3) is 0 Å². The molecule has 0 radical (unpaired) electrons. The third-order valence-electron chi connectivity index (χ3n) is 6.69. The molecule has 0 aliphatic carbocycles. The van der Waals surface area contributed by atoms with Gasteiger partial charge in [-0.3, -0.25) is 0 Å². The van der Waals surface area contributed by atoms with Gasteiger partial charge in [0.2, 0.25) is 16.6 Å². The molecule has 0 amide bonds. The largest absolute Gasteiger partial charge is 0.416 e. The van der Waals surface area contributed by atoms with Crippen molar-refractivity contribution in [3.05, 3.63) is 0 Å². The summed E-state index contributed by atoms with van der Waals surface area (Å²) in [5.74, 6) is 0. The van der Waals surface area contributed by atoms with Gasteiger partial charge in [-0.15, -0.1) is 0 Å². The molecular formula is C23H52O2Si2. The van der Waals surface area contributed by atoms with E-state index in [1.807, 2.05) is 0 Å². The first kappa shape index (κ1) is 27.4. The predicted octanol–water partition coefficient (Wildman–Crippen LogP) is 8.54. The van der Waals surface area contributed by atoms with E-state index in [0.29, 0.717) is 0 Å². The van der Waals surface area contributed by atoms with Crippen LogP contribution in [0.5, 0.6) is 0 Å². The lowest BCUT2D eigenvalue weighted by Crippen LogP contribution is -2.56. The summed E-state index contributed by atoms with van der Waals surface area (Å²) in [5, 5.41) is 0.891. The third-order valence-corrected chi connectivity index (χ3v) is 20.1. The molecule has 0 aliphatic heterocycles. The predicted molar refractivity (Wildman–Crippen MR) is 128 cm³/mol. The summed E-state index contributed by atoms with van der Waals surface area (Å²) in [6, 6.07) is 2.45. The number of hydrogen-bond acceptors (Lipinski definition) is 2. The zero-order valence-electron chi connectivity index (χ0n) is 21.4. The minimum Gasteiger partial charge on any atom is -0.416 e. The van der Waals surface area contributed by atoms with Crippen molar-refractivity contribution in [3.63, 3.8) is 0 Å². The Morgan fingerprint density at radius 2 is 0.704 bits per heavy atom. The molecule has 0 atom stereocenters. The lowest BCUT2D eigenvalue weighted by atomic mass is 10.2. The second-order valence-electron chi connectivity index (χ2n) is 12.4. The van der Waals surface area contributed by atoms with E-state index in [9.17, 15) is 0 Å². The molecular weight excluding hydrogens is 364 g/mol. The second-order valence-corrected chi connectivity index (χ2v) is 23.3. The molecule has 2 nitrogen and oxygen atoms in total. The van der Waals surface area contributed by atoms with E-state index in [-0.39, 0.29) is 20.2 Å². The van der Waals surface area contributed by atoms with Gasteiger partial charge in [-0.1, -0.05) is 89.5 Å². The van der Waals surface area contributed by atoms with E-state index in [1.54, 1.807) is 0 Å². The molecule has 0 aromatic carbocycles. The Morgan fingerprint density at radius 1 is 0.481 bits per heavy atom. The minimum absolute atomic E-state index is 0.223. The Morgan fingerprint density at radius 3 is 0.852 bits per heavy atom. The standard InChI is InChI=1S/C23H52O2Si2/c1-15-24-26(20(3,4)5,21(6,7)8)18-17-19-27(25-16-2,22(9,10)11)23(12,13)14/h15-19H2,1-14H3. The monoisotopic (exact) mass is 416 g/mol. The van der Waals surface area contributed by atoms with Gasteiger partial charge in [0.15, 0.2) is 0 Å². The van der Waals surface area contributed by atoms with Crippen LogP contribution in [0.2, 0.25) is 32.2 Å². The first-order chi connectivity index (χ1) is 11.8. The normalized spacial score (nSPS) is 15.3. The highest BCUT2D eigenvalue weighted by Crippen LogP contribution is 2.57. The molecule has 0 fully saturated rings. The Labute approximate surface area is 174 Å². The fraction of sp³-hybridized carbons (Fsp3) is 1.00. The van der Waals surface area contributed by atoms with Crippen LogP contribution in [0, 0.1) is 0 Å². The Hall–Kier alpha value is 0.354. The molecule has 27 heavy (non-hydrogen) atoms. The Kier molecular flexibility index (Phi) is 9.13. The fourth-order valence-electron chi connectivity index (χ4n) is 5.84. The number of hydrogen-bond donors (Lipinski definition) is 0. The average Bonchev–Trinajstić information content (AvgIpc) is 2.39. The third kappa shape index (κ3) is 5.70. The first-order valence-electron chi connectivity index (χ1n) is 11.1.